The lowest BCUT2D eigenvalue weighted by Gasteiger charge is -2.21. The molecule has 0 saturated carbocycles. The van der Waals surface area contributed by atoms with E-state index in [0.717, 1.165) is 6.42 Å². The Balaban J connectivity index is 1.25. The third-order valence-electron chi connectivity index (χ3n) is 13.3. The van der Waals surface area contributed by atoms with Crippen LogP contribution in [0.5, 0.6) is 0 Å². The number of hydrogen-bond donors (Lipinski definition) is 0. The van der Waals surface area contributed by atoms with Crippen LogP contribution in [-0.4, -0.2) is 0 Å². The van der Waals surface area contributed by atoms with Crippen molar-refractivity contribution < 1.29 is 0 Å². The Bertz CT molecular complexity index is 3780. The molecule has 0 N–H and O–H groups in total. The van der Waals surface area contributed by atoms with Gasteiger partial charge in [-0.05, 0) is 154 Å². The van der Waals surface area contributed by atoms with E-state index in [0.29, 0.717) is 5.92 Å². The van der Waals surface area contributed by atoms with Crippen molar-refractivity contribution >= 4 is 118 Å². The van der Waals surface area contributed by atoms with Gasteiger partial charge >= 0.3 is 0 Å². The maximum atomic E-state index is 2.56. The highest BCUT2D eigenvalue weighted by Crippen LogP contribution is 2.56. The van der Waals surface area contributed by atoms with Crippen LogP contribution in [0.2, 0.25) is 0 Å². The lowest BCUT2D eigenvalue weighted by atomic mass is 9.82. The molecule has 13 aromatic rings. The molecule has 13 aromatic carbocycles. The van der Waals surface area contributed by atoms with Gasteiger partial charge < -0.3 is 0 Å². The zero-order valence-electron chi connectivity index (χ0n) is 29.4. The molecule has 0 nitrogen and oxygen atoms in total. The van der Waals surface area contributed by atoms with Crippen LogP contribution in [0, 0.1) is 0 Å². The van der Waals surface area contributed by atoms with Gasteiger partial charge in [-0.15, -0.1) is 0 Å². The molecule has 0 spiro atoms. The minimum Gasteiger partial charge on any atom is -0.0836 e. The Morgan fingerprint density at radius 3 is 1.69 bits per heavy atom. The van der Waals surface area contributed by atoms with Crippen LogP contribution in [-0.2, 0) is 0 Å². The quantitative estimate of drug-likeness (QED) is 0.126. The Hall–Kier alpha value is -6.76. The average Bonchev–Trinajstić information content (AvgIpc) is 3.74. The summed E-state index contributed by atoms with van der Waals surface area (Å²) in [6.45, 7) is 0. The smallest absolute Gasteiger partial charge is 0.00682 e. The van der Waals surface area contributed by atoms with Gasteiger partial charge in [0.25, 0.3) is 0 Å². The van der Waals surface area contributed by atoms with Crippen LogP contribution >= 0.6 is 0 Å². The third-order valence-corrected chi connectivity index (χ3v) is 13.3. The molecule has 1 aliphatic carbocycles. The summed E-state index contributed by atoms with van der Waals surface area (Å²) in [4.78, 5) is 0. The Kier molecular flexibility index (Phi) is 4.95. The summed E-state index contributed by atoms with van der Waals surface area (Å²) in [5.41, 5.74) is 4.09. The number of hydrogen-bond acceptors (Lipinski definition) is 0. The second-order valence-electron chi connectivity index (χ2n) is 15.7. The first kappa shape index (κ1) is 27.8. The number of allylic oxidation sites excluding steroid dienone is 4. The van der Waals surface area contributed by atoms with Crippen molar-refractivity contribution in [3.63, 3.8) is 0 Å². The van der Waals surface area contributed by atoms with E-state index in [9.17, 15) is 0 Å². The van der Waals surface area contributed by atoms with Crippen LogP contribution < -0.4 is 0 Å². The highest BCUT2D eigenvalue weighted by Gasteiger charge is 2.29. The van der Waals surface area contributed by atoms with Crippen molar-refractivity contribution in [2.45, 2.75) is 12.3 Å². The molecule has 0 aliphatic heterocycles. The molecule has 1 unspecified atom stereocenters. The monoisotopic (exact) mass is 678 g/mol. The zero-order valence-corrected chi connectivity index (χ0v) is 29.4. The zero-order chi connectivity index (χ0) is 34.8. The van der Waals surface area contributed by atoms with Gasteiger partial charge in [0.1, 0.15) is 0 Å². The Labute approximate surface area is 310 Å². The second kappa shape index (κ2) is 9.61. The maximum Gasteiger partial charge on any atom is 0.00682 e. The first-order valence-electron chi connectivity index (χ1n) is 19.3. The second-order valence-corrected chi connectivity index (χ2v) is 15.7. The van der Waals surface area contributed by atoms with E-state index in [2.05, 4.69) is 164 Å². The van der Waals surface area contributed by atoms with Crippen LogP contribution in [0.25, 0.3) is 130 Å². The SMILES string of the molecule is C1=CCC(c2c3ccccc3c(-c3ccccc3)c3c4ccc5c6ccc7c8c9ccccc9ccc8c8cc9ccc%10cc(c23)c4c5c%10c9c6c87)C=C1. The van der Waals surface area contributed by atoms with Crippen molar-refractivity contribution in [1.29, 1.82) is 0 Å². The number of rotatable bonds is 2. The average molecular weight is 679 g/mol. The highest BCUT2D eigenvalue weighted by atomic mass is 14.3. The summed E-state index contributed by atoms with van der Waals surface area (Å²) < 4.78 is 0. The van der Waals surface area contributed by atoms with Crippen molar-refractivity contribution in [2.75, 3.05) is 0 Å². The summed E-state index contributed by atoms with van der Waals surface area (Å²) in [5.74, 6) is 0.305. The molecule has 0 bridgehead atoms. The van der Waals surface area contributed by atoms with E-state index < -0.39 is 0 Å². The molecule has 0 heterocycles. The van der Waals surface area contributed by atoms with Gasteiger partial charge in [-0.1, -0.05) is 152 Å². The topological polar surface area (TPSA) is 0 Å². The van der Waals surface area contributed by atoms with E-state index in [-0.39, 0.29) is 0 Å². The van der Waals surface area contributed by atoms with Crippen LogP contribution in [0.1, 0.15) is 17.9 Å². The van der Waals surface area contributed by atoms with Gasteiger partial charge in [-0.3, -0.25) is 0 Å². The van der Waals surface area contributed by atoms with Crippen molar-refractivity contribution in [2.24, 2.45) is 0 Å². The predicted octanol–water partition coefficient (Wildman–Crippen LogP) is 15.4. The molecular formula is C54H30. The largest absolute Gasteiger partial charge is 0.0836 e. The summed E-state index contributed by atoms with van der Waals surface area (Å²) >= 11 is 0. The normalized spacial score (nSPS) is 15.4. The molecule has 54 heavy (non-hydrogen) atoms. The Morgan fingerprint density at radius 2 is 0.926 bits per heavy atom. The molecule has 0 radical (unpaired) electrons. The molecule has 0 fully saturated rings. The van der Waals surface area contributed by atoms with E-state index in [1.54, 1.807) is 0 Å². The van der Waals surface area contributed by atoms with Gasteiger partial charge in [0, 0.05) is 5.92 Å². The summed E-state index contributed by atoms with van der Waals surface area (Å²) in [6, 6.07) is 53.5. The minimum absolute atomic E-state index is 0.305. The maximum absolute atomic E-state index is 2.56. The molecule has 246 valence electrons. The Morgan fingerprint density at radius 1 is 0.333 bits per heavy atom. The van der Waals surface area contributed by atoms with Crippen molar-refractivity contribution in [1.82, 2.24) is 0 Å². The van der Waals surface area contributed by atoms with E-state index in [1.807, 2.05) is 0 Å². The molecule has 0 aromatic heterocycles. The molecular weight excluding hydrogens is 649 g/mol. The van der Waals surface area contributed by atoms with Crippen molar-refractivity contribution in [3.8, 4) is 11.1 Å². The molecule has 0 amide bonds. The number of benzene rings is 11. The summed E-state index contributed by atoms with van der Waals surface area (Å²) in [7, 11) is 0. The van der Waals surface area contributed by atoms with E-state index in [1.165, 1.54) is 135 Å². The van der Waals surface area contributed by atoms with Crippen LogP contribution in [0.3, 0.4) is 0 Å². The number of fused-ring (bicyclic) bond motifs is 10. The van der Waals surface area contributed by atoms with Gasteiger partial charge in [0.2, 0.25) is 0 Å². The highest BCUT2D eigenvalue weighted by molar-refractivity contribution is 6.51. The van der Waals surface area contributed by atoms with Gasteiger partial charge in [0.15, 0.2) is 0 Å². The van der Waals surface area contributed by atoms with Crippen molar-refractivity contribution in [3.05, 3.63) is 169 Å². The van der Waals surface area contributed by atoms with Gasteiger partial charge in [0.05, 0.1) is 0 Å². The molecule has 0 saturated heterocycles. The molecule has 1 aliphatic rings. The predicted molar refractivity (Wildman–Crippen MR) is 235 cm³/mol. The van der Waals surface area contributed by atoms with Crippen LogP contribution in [0.15, 0.2) is 164 Å². The van der Waals surface area contributed by atoms with E-state index in [4.69, 9.17) is 0 Å². The summed E-state index contributed by atoms with van der Waals surface area (Å²) in [5, 5.41) is 30.3. The van der Waals surface area contributed by atoms with Gasteiger partial charge in [-0.2, -0.15) is 0 Å². The molecule has 1 atom stereocenters. The fraction of sp³-hybridized carbons (Fsp3) is 0.0370. The van der Waals surface area contributed by atoms with Gasteiger partial charge in [-0.25, -0.2) is 0 Å². The van der Waals surface area contributed by atoms with E-state index >= 15 is 0 Å². The molecule has 0 heteroatoms. The first-order valence-corrected chi connectivity index (χ1v) is 19.3. The fourth-order valence-electron chi connectivity index (χ4n) is 11.3. The fourth-order valence-corrected chi connectivity index (χ4v) is 11.3. The molecule has 14 rings (SSSR count). The minimum atomic E-state index is 0.305. The first-order chi connectivity index (χ1) is 26.8. The third kappa shape index (κ3) is 3.17. The standard InChI is InChI=1S/C54H30/c1-3-12-30(13-4-1)44-35-17-9-10-18-36(35)45(31-14-5-2-6-15-31)54-43-28-33-20-19-32-27-42-39-22-21-29-11-7-8-16-34(29)48(39)40-25-23-37-38-24-26-41(53(44)54)50(43)52(38)47(33)46(32)51(37)49(40)42/h1-14,16-28,31H,15H2. The lowest BCUT2D eigenvalue weighted by molar-refractivity contribution is 0.870. The summed E-state index contributed by atoms with van der Waals surface area (Å²) in [6.07, 6.45) is 10.2. The lowest BCUT2D eigenvalue weighted by Crippen LogP contribution is -2.00. The van der Waals surface area contributed by atoms with Crippen LogP contribution in [0.4, 0.5) is 0 Å².